The molecule has 0 fully saturated rings. The summed E-state index contributed by atoms with van der Waals surface area (Å²) in [7, 11) is 0. The molecule has 0 spiro atoms. The van der Waals surface area contributed by atoms with Crippen molar-refractivity contribution in [2.45, 2.75) is 26.1 Å². The number of aromatic amines is 1. The van der Waals surface area contributed by atoms with Crippen LogP contribution in [0.25, 0.3) is 11.0 Å². The lowest BCUT2D eigenvalue weighted by atomic mass is 10.1. The third-order valence-electron chi connectivity index (χ3n) is 5.31. The number of nitrogens with zero attached hydrogens (tertiary/aromatic N) is 4. The minimum absolute atomic E-state index is 0.166. The van der Waals surface area contributed by atoms with E-state index in [4.69, 9.17) is 14.3 Å². The van der Waals surface area contributed by atoms with Crippen LogP contribution in [0.2, 0.25) is 5.02 Å². The molecule has 2 aromatic carbocycles. The molecule has 1 N–H and O–H groups in total. The average Bonchev–Trinajstić information content (AvgIpc) is 3.46. The first-order chi connectivity index (χ1) is 15.4. The molecule has 2 aromatic heterocycles. The highest BCUT2D eigenvalue weighted by molar-refractivity contribution is 6.30. The molecule has 3 heterocycles. The van der Waals surface area contributed by atoms with Gasteiger partial charge in [0, 0.05) is 38.3 Å². The summed E-state index contributed by atoms with van der Waals surface area (Å²) in [6.07, 6.45) is 1.68. The number of fused-ring (bicyclic) bond motifs is 3. The fraction of sp³-hybridized carbons (Fsp3) is 0.174. The molecule has 0 aliphatic carbocycles. The fourth-order valence-electron chi connectivity index (χ4n) is 3.89. The maximum absolute atomic E-state index is 13.5. The first-order valence-electron chi connectivity index (χ1n) is 10.5. The van der Waals surface area contributed by atoms with Crippen LogP contribution in [0.15, 0.2) is 59.5 Å². The summed E-state index contributed by atoms with van der Waals surface area (Å²) in [5.74, 6) is 0. The predicted molar refractivity (Wildman–Crippen MR) is 115 cm³/mol. The second kappa shape index (κ2) is 7.45. The Morgan fingerprint density at radius 3 is 2.77 bits per heavy atom. The molecule has 0 unspecified atom stereocenters. The van der Waals surface area contributed by atoms with E-state index in [9.17, 15) is 10.1 Å². The number of benzene rings is 2. The van der Waals surface area contributed by atoms with E-state index < -0.39 is 6.50 Å². The molecular formula is C23H18ClN5O. The molecule has 0 radical (unpaired) electrons. The Morgan fingerprint density at radius 2 is 1.97 bits per heavy atom. The number of nitriles is 1. The number of rotatable bonds is 4. The van der Waals surface area contributed by atoms with Gasteiger partial charge in [0.25, 0.3) is 5.56 Å². The van der Waals surface area contributed by atoms with Crippen LogP contribution in [-0.2, 0) is 26.1 Å². The largest absolute Gasteiger partial charge is 0.290 e. The van der Waals surface area contributed by atoms with Crippen molar-refractivity contribution < 1.29 is 2.74 Å². The molecule has 0 atom stereocenters. The van der Waals surface area contributed by atoms with Crippen LogP contribution in [0.5, 0.6) is 0 Å². The summed E-state index contributed by atoms with van der Waals surface area (Å²) in [6, 6.07) is 15.9. The van der Waals surface area contributed by atoms with Gasteiger partial charge < -0.3 is 0 Å². The van der Waals surface area contributed by atoms with E-state index in [0.717, 1.165) is 16.5 Å². The number of hydrogen-bond donors (Lipinski definition) is 1. The second-order valence-corrected chi connectivity index (χ2v) is 7.70. The van der Waals surface area contributed by atoms with Crippen LogP contribution in [0.4, 0.5) is 0 Å². The number of H-pyrrole nitrogens is 1. The Bertz CT molecular complexity index is 1440. The Kier molecular flexibility index (Phi) is 4.07. The van der Waals surface area contributed by atoms with Gasteiger partial charge in [-0.3, -0.25) is 19.4 Å². The fourth-order valence-corrected chi connectivity index (χ4v) is 4.01. The highest BCUT2D eigenvalue weighted by Crippen LogP contribution is 2.28. The predicted octanol–water partition coefficient (Wildman–Crippen LogP) is 3.81. The summed E-state index contributed by atoms with van der Waals surface area (Å²) >= 11 is 5.99. The van der Waals surface area contributed by atoms with E-state index in [1.165, 1.54) is 0 Å². The summed E-state index contributed by atoms with van der Waals surface area (Å²) in [4.78, 5) is 15.1. The van der Waals surface area contributed by atoms with Crippen molar-refractivity contribution in [3.63, 3.8) is 0 Å². The van der Waals surface area contributed by atoms with Crippen LogP contribution in [0.3, 0.4) is 0 Å². The first-order valence-corrected chi connectivity index (χ1v) is 9.84. The van der Waals surface area contributed by atoms with Crippen molar-refractivity contribution in [3.8, 4) is 6.07 Å². The van der Waals surface area contributed by atoms with Crippen molar-refractivity contribution in [2.24, 2.45) is 0 Å². The van der Waals surface area contributed by atoms with Crippen LogP contribution in [0, 0.1) is 11.3 Å². The number of halogens is 1. The third kappa shape index (κ3) is 3.28. The average molecular weight is 418 g/mol. The molecule has 0 saturated heterocycles. The van der Waals surface area contributed by atoms with Crippen LogP contribution >= 0.6 is 11.6 Å². The van der Waals surface area contributed by atoms with Gasteiger partial charge in [0.05, 0.1) is 24.4 Å². The molecule has 4 aromatic rings. The zero-order valence-corrected chi connectivity index (χ0v) is 16.6. The molecule has 5 rings (SSSR count). The van der Waals surface area contributed by atoms with E-state index >= 15 is 0 Å². The molecule has 0 saturated carbocycles. The van der Waals surface area contributed by atoms with E-state index in [1.54, 1.807) is 52.1 Å². The quantitative estimate of drug-likeness (QED) is 0.547. The molecule has 0 bridgehead atoms. The summed E-state index contributed by atoms with van der Waals surface area (Å²) < 4.78 is 19.1. The van der Waals surface area contributed by atoms with Crippen LogP contribution in [0.1, 0.15) is 30.6 Å². The molecule has 1 aliphatic rings. The van der Waals surface area contributed by atoms with Crippen molar-refractivity contribution in [2.75, 3.05) is 0 Å². The molecule has 148 valence electrons. The standard InChI is InChI=1S/C23H18ClN5O/c24-18-6-4-15(5-7-18)12-29-22-19(10-26-27-22)20-13-28(14-21(20)23(29)30)11-17-3-1-2-16(8-17)9-25/h1-8,10H,11-14H2,(H,26,27)/i11D2. The van der Waals surface area contributed by atoms with E-state index in [0.29, 0.717) is 33.9 Å². The van der Waals surface area contributed by atoms with Crippen molar-refractivity contribution in [3.05, 3.63) is 97.9 Å². The van der Waals surface area contributed by atoms with Gasteiger partial charge in [0.15, 0.2) is 0 Å². The highest BCUT2D eigenvalue weighted by Gasteiger charge is 2.27. The lowest BCUT2D eigenvalue weighted by Gasteiger charge is -2.14. The van der Waals surface area contributed by atoms with Crippen molar-refractivity contribution >= 4 is 22.6 Å². The number of pyridine rings is 1. The smallest absolute Gasteiger partial charge is 0.257 e. The summed E-state index contributed by atoms with van der Waals surface area (Å²) in [5.41, 5.74) is 3.48. The molecule has 0 amide bonds. The Balaban J connectivity index is 1.56. The Hall–Kier alpha value is -3.40. The van der Waals surface area contributed by atoms with E-state index in [-0.39, 0.29) is 18.6 Å². The van der Waals surface area contributed by atoms with E-state index in [1.807, 2.05) is 12.1 Å². The van der Waals surface area contributed by atoms with Gasteiger partial charge in [-0.1, -0.05) is 35.9 Å². The van der Waals surface area contributed by atoms with Crippen LogP contribution in [-0.4, -0.2) is 19.7 Å². The Morgan fingerprint density at radius 1 is 1.17 bits per heavy atom. The lowest BCUT2D eigenvalue weighted by Crippen LogP contribution is -2.26. The van der Waals surface area contributed by atoms with Gasteiger partial charge in [-0.15, -0.1) is 0 Å². The lowest BCUT2D eigenvalue weighted by molar-refractivity contribution is 0.275. The molecule has 1 aliphatic heterocycles. The van der Waals surface area contributed by atoms with Crippen molar-refractivity contribution in [1.82, 2.24) is 19.7 Å². The van der Waals surface area contributed by atoms with Gasteiger partial charge in [0.2, 0.25) is 0 Å². The molecule has 7 heteroatoms. The highest BCUT2D eigenvalue weighted by atomic mass is 35.5. The number of hydrogen-bond acceptors (Lipinski definition) is 4. The SMILES string of the molecule is [2H]C([2H])(c1cccc(C#N)c1)N1Cc2c(c3cn[nH]c3n(Cc3ccc(Cl)cc3)c2=O)C1. The van der Waals surface area contributed by atoms with Gasteiger partial charge in [-0.2, -0.15) is 10.4 Å². The zero-order valence-electron chi connectivity index (χ0n) is 17.9. The maximum Gasteiger partial charge on any atom is 0.257 e. The zero-order chi connectivity index (χ0) is 22.5. The molecule has 30 heavy (non-hydrogen) atoms. The number of nitrogens with one attached hydrogen (secondary N) is 1. The van der Waals surface area contributed by atoms with Gasteiger partial charge >= 0.3 is 0 Å². The maximum atomic E-state index is 13.5. The second-order valence-electron chi connectivity index (χ2n) is 7.27. The molecule has 6 nitrogen and oxygen atoms in total. The first kappa shape index (κ1) is 16.4. The van der Waals surface area contributed by atoms with Gasteiger partial charge in [-0.25, -0.2) is 0 Å². The normalized spacial score (nSPS) is 14.9. The van der Waals surface area contributed by atoms with Gasteiger partial charge in [0.1, 0.15) is 5.65 Å². The number of aromatic nitrogens is 3. The van der Waals surface area contributed by atoms with Crippen LogP contribution < -0.4 is 5.56 Å². The van der Waals surface area contributed by atoms with Gasteiger partial charge in [-0.05, 0) is 41.0 Å². The van der Waals surface area contributed by atoms with E-state index in [2.05, 4.69) is 16.3 Å². The topological polar surface area (TPSA) is 77.7 Å². The monoisotopic (exact) mass is 417 g/mol. The molecular weight excluding hydrogens is 398 g/mol. The summed E-state index contributed by atoms with van der Waals surface area (Å²) in [5, 5.41) is 17.7. The minimum atomic E-state index is -1.85. The van der Waals surface area contributed by atoms with Crippen molar-refractivity contribution in [1.29, 1.82) is 5.26 Å². The third-order valence-corrected chi connectivity index (χ3v) is 5.56. The minimum Gasteiger partial charge on any atom is -0.290 e. The summed E-state index contributed by atoms with van der Waals surface area (Å²) in [6.45, 7) is -1.07. The Labute approximate surface area is 180 Å².